The molecule has 23 heavy (non-hydrogen) atoms. The van der Waals surface area contributed by atoms with Crippen molar-refractivity contribution in [2.75, 3.05) is 32.8 Å². The summed E-state index contributed by atoms with van der Waals surface area (Å²) in [7, 11) is 0. The van der Waals surface area contributed by atoms with Gasteiger partial charge in [0.05, 0.1) is 0 Å². The average Bonchev–Trinajstić information content (AvgIpc) is 2.85. The predicted octanol–water partition coefficient (Wildman–Crippen LogP) is 2.54. The number of halogens is 1. The number of nitrogens with zero attached hydrogens (tertiary/aromatic N) is 2. The van der Waals surface area contributed by atoms with E-state index in [4.69, 9.17) is 16.7 Å². The molecule has 1 aromatic carbocycles. The van der Waals surface area contributed by atoms with E-state index < -0.39 is 0 Å². The first kappa shape index (κ1) is 16.7. The Kier molecular flexibility index (Phi) is 5.24. The second kappa shape index (κ2) is 7.20. The summed E-state index contributed by atoms with van der Waals surface area (Å²) in [6, 6.07) is 7.76. The molecule has 2 saturated heterocycles. The normalized spacial score (nSPS) is 21.3. The number of hydrogen-bond acceptors (Lipinski definition) is 3. The van der Waals surface area contributed by atoms with E-state index in [0.29, 0.717) is 13.0 Å². The first-order chi connectivity index (χ1) is 11.1. The average molecular weight is 337 g/mol. The molecule has 2 aliphatic heterocycles. The number of hydrogen-bond donors (Lipinski definition) is 1. The number of piperidine rings is 1. The van der Waals surface area contributed by atoms with Crippen molar-refractivity contribution in [3.63, 3.8) is 0 Å². The van der Waals surface area contributed by atoms with Gasteiger partial charge in [0, 0.05) is 37.7 Å². The van der Waals surface area contributed by atoms with Gasteiger partial charge in [0.2, 0.25) is 5.91 Å². The van der Waals surface area contributed by atoms with Gasteiger partial charge in [-0.1, -0.05) is 23.7 Å². The number of likely N-dealkylation sites (tertiary alicyclic amines) is 2. The summed E-state index contributed by atoms with van der Waals surface area (Å²) in [6.45, 7) is 4.88. The summed E-state index contributed by atoms with van der Waals surface area (Å²) in [6.07, 6.45) is 3.70. The number of aliphatic hydroxyl groups excluding tert-OH is 1. The third kappa shape index (κ3) is 4.06. The van der Waals surface area contributed by atoms with Gasteiger partial charge in [0.15, 0.2) is 0 Å². The highest BCUT2D eigenvalue weighted by Crippen LogP contribution is 2.41. The van der Waals surface area contributed by atoms with Crippen LogP contribution < -0.4 is 0 Å². The molecule has 126 valence electrons. The fourth-order valence-corrected chi connectivity index (χ4v) is 3.94. The van der Waals surface area contributed by atoms with Crippen molar-refractivity contribution in [2.24, 2.45) is 5.41 Å². The van der Waals surface area contributed by atoms with Crippen LogP contribution >= 0.6 is 11.6 Å². The molecular formula is C18H25ClN2O2. The van der Waals surface area contributed by atoms with E-state index >= 15 is 0 Å². The van der Waals surface area contributed by atoms with Crippen LogP contribution in [-0.4, -0.2) is 53.6 Å². The molecule has 0 radical (unpaired) electrons. The summed E-state index contributed by atoms with van der Waals surface area (Å²) < 4.78 is 0. The van der Waals surface area contributed by atoms with Gasteiger partial charge in [-0.05, 0) is 55.5 Å². The molecule has 0 unspecified atom stereocenters. The lowest BCUT2D eigenvalue weighted by molar-refractivity contribution is -0.128. The fourth-order valence-electron chi connectivity index (χ4n) is 3.82. The van der Waals surface area contributed by atoms with Crippen molar-refractivity contribution >= 4 is 17.5 Å². The van der Waals surface area contributed by atoms with E-state index in [1.807, 2.05) is 29.2 Å². The number of benzene rings is 1. The highest BCUT2D eigenvalue weighted by Gasteiger charge is 2.44. The van der Waals surface area contributed by atoms with Gasteiger partial charge < -0.3 is 14.9 Å². The topological polar surface area (TPSA) is 43.8 Å². The molecule has 0 saturated carbocycles. The number of carbonyl (C=O) groups is 1. The molecule has 0 aromatic heterocycles. The van der Waals surface area contributed by atoms with Crippen molar-refractivity contribution in [3.8, 4) is 0 Å². The number of aliphatic hydroxyl groups is 1. The Balaban J connectivity index is 1.56. The lowest BCUT2D eigenvalue weighted by Gasteiger charge is -2.38. The smallest absolute Gasteiger partial charge is 0.223 e. The zero-order valence-electron chi connectivity index (χ0n) is 13.5. The Morgan fingerprint density at radius 1 is 1.17 bits per heavy atom. The summed E-state index contributed by atoms with van der Waals surface area (Å²) in [5.74, 6) is 0.281. The molecule has 0 aliphatic carbocycles. The van der Waals surface area contributed by atoms with Crippen LogP contribution in [0.4, 0.5) is 0 Å². The highest BCUT2D eigenvalue weighted by molar-refractivity contribution is 6.30. The van der Waals surface area contributed by atoms with Gasteiger partial charge in [-0.25, -0.2) is 0 Å². The van der Waals surface area contributed by atoms with Gasteiger partial charge in [0.25, 0.3) is 0 Å². The maximum absolute atomic E-state index is 12.4. The molecular weight excluding hydrogens is 312 g/mol. The molecule has 4 nitrogen and oxygen atoms in total. The van der Waals surface area contributed by atoms with Gasteiger partial charge in [-0.15, -0.1) is 0 Å². The summed E-state index contributed by atoms with van der Waals surface area (Å²) in [5.41, 5.74) is 1.30. The molecule has 5 heteroatoms. The Morgan fingerprint density at radius 2 is 1.87 bits per heavy atom. The largest absolute Gasteiger partial charge is 0.396 e. The third-order valence-electron chi connectivity index (χ3n) is 5.24. The minimum Gasteiger partial charge on any atom is -0.396 e. The Labute approximate surface area is 143 Å². The Hall–Kier alpha value is -1.10. The standard InChI is InChI=1S/C18H25ClN2O2/c19-16-4-2-15(3-5-16)13-21-14-18(12-17(21)23)6-9-20(10-7-18)8-1-11-22/h2-5,22H,1,6-14H2. The number of rotatable bonds is 5. The predicted molar refractivity (Wildman–Crippen MR) is 91.3 cm³/mol. The van der Waals surface area contributed by atoms with Crippen molar-refractivity contribution in [1.29, 1.82) is 0 Å². The van der Waals surface area contributed by atoms with Gasteiger partial charge in [-0.2, -0.15) is 0 Å². The highest BCUT2D eigenvalue weighted by atomic mass is 35.5. The molecule has 1 aromatic rings. The van der Waals surface area contributed by atoms with Crippen LogP contribution in [0, 0.1) is 5.41 Å². The quantitative estimate of drug-likeness (QED) is 0.898. The van der Waals surface area contributed by atoms with Crippen LogP contribution in [-0.2, 0) is 11.3 Å². The van der Waals surface area contributed by atoms with E-state index in [0.717, 1.165) is 56.0 Å². The van der Waals surface area contributed by atoms with Crippen molar-refractivity contribution < 1.29 is 9.90 Å². The number of carbonyl (C=O) groups excluding carboxylic acids is 1. The second-order valence-electron chi connectivity index (χ2n) is 6.97. The monoisotopic (exact) mass is 336 g/mol. The summed E-state index contributed by atoms with van der Waals surface area (Å²) in [4.78, 5) is 16.8. The van der Waals surface area contributed by atoms with Crippen LogP contribution in [0.3, 0.4) is 0 Å². The fraction of sp³-hybridized carbons (Fsp3) is 0.611. The maximum Gasteiger partial charge on any atom is 0.223 e. The van der Waals surface area contributed by atoms with Gasteiger partial charge in [0.1, 0.15) is 0 Å². The van der Waals surface area contributed by atoms with Crippen LogP contribution in [0.2, 0.25) is 5.02 Å². The maximum atomic E-state index is 12.4. The first-order valence-electron chi connectivity index (χ1n) is 8.46. The summed E-state index contributed by atoms with van der Waals surface area (Å²) >= 11 is 5.92. The molecule has 0 bridgehead atoms. The van der Waals surface area contributed by atoms with E-state index in [1.54, 1.807) is 0 Å². The molecule has 2 heterocycles. The molecule has 1 spiro atoms. The van der Waals surface area contributed by atoms with Crippen LogP contribution in [0.15, 0.2) is 24.3 Å². The zero-order valence-corrected chi connectivity index (χ0v) is 14.3. The van der Waals surface area contributed by atoms with Crippen LogP contribution in [0.25, 0.3) is 0 Å². The minimum atomic E-state index is 0.166. The summed E-state index contributed by atoms with van der Waals surface area (Å²) in [5, 5.41) is 9.67. The van der Waals surface area contributed by atoms with Gasteiger partial charge in [-0.3, -0.25) is 4.79 Å². The van der Waals surface area contributed by atoms with Crippen molar-refractivity contribution in [3.05, 3.63) is 34.9 Å². The Bertz CT molecular complexity index is 538. The van der Waals surface area contributed by atoms with Crippen LogP contribution in [0.5, 0.6) is 0 Å². The van der Waals surface area contributed by atoms with E-state index in [9.17, 15) is 4.79 Å². The molecule has 0 atom stereocenters. The lowest BCUT2D eigenvalue weighted by atomic mass is 9.77. The van der Waals surface area contributed by atoms with E-state index in [-0.39, 0.29) is 17.9 Å². The number of amides is 1. The lowest BCUT2D eigenvalue weighted by Crippen LogP contribution is -2.42. The van der Waals surface area contributed by atoms with E-state index in [1.165, 1.54) is 0 Å². The van der Waals surface area contributed by atoms with Crippen molar-refractivity contribution in [2.45, 2.75) is 32.2 Å². The van der Waals surface area contributed by atoms with E-state index in [2.05, 4.69) is 4.90 Å². The second-order valence-corrected chi connectivity index (χ2v) is 7.41. The minimum absolute atomic E-state index is 0.166. The molecule has 3 rings (SSSR count). The Morgan fingerprint density at radius 3 is 2.52 bits per heavy atom. The SMILES string of the molecule is O=C1CC2(CCN(CCCO)CC2)CN1Cc1ccc(Cl)cc1. The molecule has 1 amide bonds. The molecule has 2 fully saturated rings. The van der Waals surface area contributed by atoms with Crippen molar-refractivity contribution in [1.82, 2.24) is 9.80 Å². The van der Waals surface area contributed by atoms with Crippen LogP contribution in [0.1, 0.15) is 31.2 Å². The zero-order chi connectivity index (χ0) is 16.3. The first-order valence-corrected chi connectivity index (χ1v) is 8.83. The van der Waals surface area contributed by atoms with Gasteiger partial charge >= 0.3 is 0 Å². The molecule has 2 aliphatic rings. The molecule has 1 N–H and O–H groups in total. The third-order valence-corrected chi connectivity index (χ3v) is 5.49.